The van der Waals surface area contributed by atoms with Gasteiger partial charge in [0.25, 0.3) is 0 Å². The number of ether oxygens (including phenoxy) is 2. The molecule has 4 heteroatoms. The predicted molar refractivity (Wildman–Crippen MR) is 117 cm³/mol. The standard InChI is InChI=1S/C25H31NO3/c1-2-29-25(27)23-14-9-16-26(20-23)17-19-28-18-15-24(21-10-5-3-6-11-21)22-12-7-4-8-13-22/h3-8,10-13,15,23H,2,9,14,16-20H2,1H3. The summed E-state index contributed by atoms with van der Waals surface area (Å²) in [5, 5.41) is 0. The molecular weight excluding hydrogens is 362 g/mol. The molecule has 1 aliphatic heterocycles. The van der Waals surface area contributed by atoms with Crippen molar-refractivity contribution in [2.75, 3.05) is 39.5 Å². The van der Waals surface area contributed by atoms with Gasteiger partial charge in [-0.2, -0.15) is 0 Å². The van der Waals surface area contributed by atoms with Crippen molar-refractivity contribution < 1.29 is 14.3 Å². The first-order valence-electron chi connectivity index (χ1n) is 10.6. The molecule has 0 aliphatic carbocycles. The molecule has 0 bridgehead atoms. The summed E-state index contributed by atoms with van der Waals surface area (Å²) in [6.45, 7) is 6.17. The summed E-state index contributed by atoms with van der Waals surface area (Å²) in [4.78, 5) is 14.3. The summed E-state index contributed by atoms with van der Waals surface area (Å²) < 4.78 is 11.1. The second kappa shape index (κ2) is 11.5. The Hall–Kier alpha value is -2.43. The Morgan fingerprint density at radius 2 is 1.72 bits per heavy atom. The molecule has 2 aromatic carbocycles. The largest absolute Gasteiger partial charge is 0.466 e. The molecule has 0 radical (unpaired) electrons. The lowest BCUT2D eigenvalue weighted by Gasteiger charge is -2.31. The third kappa shape index (κ3) is 6.55. The van der Waals surface area contributed by atoms with Gasteiger partial charge in [-0.05, 0) is 43.0 Å². The number of benzene rings is 2. The normalized spacial score (nSPS) is 16.9. The molecule has 2 aromatic rings. The Bertz CT molecular complexity index is 732. The Morgan fingerprint density at radius 1 is 1.07 bits per heavy atom. The van der Waals surface area contributed by atoms with Crippen molar-refractivity contribution in [1.29, 1.82) is 0 Å². The number of rotatable bonds is 9. The third-order valence-corrected chi connectivity index (χ3v) is 5.25. The minimum atomic E-state index is -0.0589. The van der Waals surface area contributed by atoms with Crippen molar-refractivity contribution >= 4 is 11.5 Å². The van der Waals surface area contributed by atoms with E-state index < -0.39 is 0 Å². The van der Waals surface area contributed by atoms with Crippen LogP contribution in [0.25, 0.3) is 5.57 Å². The van der Waals surface area contributed by atoms with Crippen LogP contribution in [0.5, 0.6) is 0 Å². The Labute approximate surface area is 174 Å². The van der Waals surface area contributed by atoms with E-state index in [-0.39, 0.29) is 11.9 Å². The van der Waals surface area contributed by atoms with E-state index in [1.807, 2.05) is 19.1 Å². The lowest BCUT2D eigenvalue weighted by atomic mass is 9.98. The lowest BCUT2D eigenvalue weighted by Crippen LogP contribution is -2.40. The molecule has 0 amide bonds. The maximum absolute atomic E-state index is 12.0. The van der Waals surface area contributed by atoms with Gasteiger partial charge in [0.05, 0.1) is 25.7 Å². The summed E-state index contributed by atoms with van der Waals surface area (Å²) in [6.07, 6.45) is 4.12. The molecule has 1 aliphatic rings. The molecule has 0 aromatic heterocycles. The number of hydrogen-bond donors (Lipinski definition) is 0. The van der Waals surface area contributed by atoms with Crippen molar-refractivity contribution in [2.45, 2.75) is 19.8 Å². The number of hydrogen-bond acceptors (Lipinski definition) is 4. The van der Waals surface area contributed by atoms with Crippen LogP contribution < -0.4 is 0 Å². The molecule has 29 heavy (non-hydrogen) atoms. The molecule has 1 heterocycles. The molecule has 1 atom stereocenters. The topological polar surface area (TPSA) is 38.8 Å². The van der Waals surface area contributed by atoms with Crippen LogP contribution >= 0.6 is 0 Å². The Balaban J connectivity index is 1.51. The number of carbonyl (C=O) groups is 1. The zero-order valence-electron chi connectivity index (χ0n) is 17.3. The maximum atomic E-state index is 12.0. The van der Waals surface area contributed by atoms with Gasteiger partial charge in [-0.1, -0.05) is 66.7 Å². The van der Waals surface area contributed by atoms with E-state index in [4.69, 9.17) is 9.47 Å². The molecule has 0 N–H and O–H groups in total. The molecule has 1 fully saturated rings. The second-order valence-corrected chi connectivity index (χ2v) is 7.32. The van der Waals surface area contributed by atoms with E-state index in [1.54, 1.807) is 0 Å². The summed E-state index contributed by atoms with van der Waals surface area (Å²) >= 11 is 0. The Morgan fingerprint density at radius 3 is 2.34 bits per heavy atom. The maximum Gasteiger partial charge on any atom is 0.310 e. The molecule has 1 unspecified atom stereocenters. The number of carbonyl (C=O) groups excluding carboxylic acids is 1. The van der Waals surface area contributed by atoms with Gasteiger partial charge in [-0.15, -0.1) is 0 Å². The molecule has 0 spiro atoms. The first-order valence-corrected chi connectivity index (χ1v) is 10.6. The van der Waals surface area contributed by atoms with E-state index in [9.17, 15) is 4.79 Å². The summed E-state index contributed by atoms with van der Waals surface area (Å²) in [5.41, 5.74) is 3.57. The molecule has 4 nitrogen and oxygen atoms in total. The minimum absolute atomic E-state index is 0.00589. The number of piperidine rings is 1. The smallest absolute Gasteiger partial charge is 0.310 e. The molecule has 0 saturated carbocycles. The highest BCUT2D eigenvalue weighted by Gasteiger charge is 2.26. The van der Waals surface area contributed by atoms with Crippen LogP contribution in [0.2, 0.25) is 0 Å². The minimum Gasteiger partial charge on any atom is -0.466 e. The predicted octanol–water partition coefficient (Wildman–Crippen LogP) is 4.41. The molecule has 154 valence electrons. The molecular formula is C25H31NO3. The lowest BCUT2D eigenvalue weighted by molar-refractivity contribution is -0.150. The van der Waals surface area contributed by atoms with Crippen LogP contribution in [0.15, 0.2) is 66.7 Å². The van der Waals surface area contributed by atoms with Gasteiger partial charge in [-0.25, -0.2) is 0 Å². The fourth-order valence-electron chi connectivity index (χ4n) is 3.77. The first kappa shape index (κ1) is 21.3. The second-order valence-electron chi connectivity index (χ2n) is 7.32. The highest BCUT2D eigenvalue weighted by atomic mass is 16.5. The van der Waals surface area contributed by atoms with E-state index >= 15 is 0 Å². The number of nitrogens with zero attached hydrogens (tertiary/aromatic N) is 1. The summed E-state index contributed by atoms with van der Waals surface area (Å²) in [6, 6.07) is 20.8. The number of esters is 1. The SMILES string of the molecule is CCOC(=O)C1CCCN(CCOCC=C(c2ccccc2)c2ccccc2)C1. The third-order valence-electron chi connectivity index (χ3n) is 5.25. The highest BCUT2D eigenvalue weighted by Crippen LogP contribution is 2.23. The highest BCUT2D eigenvalue weighted by molar-refractivity contribution is 5.79. The van der Waals surface area contributed by atoms with E-state index in [1.165, 1.54) is 16.7 Å². The van der Waals surface area contributed by atoms with Gasteiger partial charge < -0.3 is 14.4 Å². The van der Waals surface area contributed by atoms with Crippen LogP contribution in [-0.4, -0.2) is 50.3 Å². The van der Waals surface area contributed by atoms with Crippen molar-refractivity contribution in [2.24, 2.45) is 5.92 Å². The summed E-state index contributed by atoms with van der Waals surface area (Å²) in [7, 11) is 0. The fourth-order valence-corrected chi connectivity index (χ4v) is 3.77. The van der Waals surface area contributed by atoms with Crippen LogP contribution in [0.3, 0.4) is 0 Å². The van der Waals surface area contributed by atoms with Crippen molar-refractivity contribution in [3.05, 3.63) is 77.9 Å². The molecule has 1 saturated heterocycles. The van der Waals surface area contributed by atoms with Crippen molar-refractivity contribution in [1.82, 2.24) is 4.90 Å². The van der Waals surface area contributed by atoms with Gasteiger partial charge in [0.15, 0.2) is 0 Å². The van der Waals surface area contributed by atoms with E-state index in [2.05, 4.69) is 59.5 Å². The number of likely N-dealkylation sites (tertiary alicyclic amines) is 1. The van der Waals surface area contributed by atoms with Gasteiger partial charge in [0, 0.05) is 13.1 Å². The fraction of sp³-hybridized carbons (Fsp3) is 0.400. The van der Waals surface area contributed by atoms with E-state index in [0.717, 1.165) is 32.5 Å². The zero-order valence-corrected chi connectivity index (χ0v) is 17.3. The van der Waals surface area contributed by atoms with Gasteiger partial charge >= 0.3 is 5.97 Å². The van der Waals surface area contributed by atoms with Crippen LogP contribution in [0.1, 0.15) is 30.9 Å². The van der Waals surface area contributed by atoms with Crippen molar-refractivity contribution in [3.63, 3.8) is 0 Å². The van der Waals surface area contributed by atoms with Gasteiger partial charge in [-0.3, -0.25) is 4.79 Å². The summed E-state index contributed by atoms with van der Waals surface area (Å²) in [5.74, 6) is -0.0530. The zero-order chi connectivity index (χ0) is 20.3. The van der Waals surface area contributed by atoms with Crippen LogP contribution in [0.4, 0.5) is 0 Å². The van der Waals surface area contributed by atoms with Crippen LogP contribution in [-0.2, 0) is 14.3 Å². The van der Waals surface area contributed by atoms with Crippen LogP contribution in [0, 0.1) is 5.92 Å². The molecule has 3 rings (SSSR count). The van der Waals surface area contributed by atoms with Gasteiger partial charge in [0.2, 0.25) is 0 Å². The van der Waals surface area contributed by atoms with Crippen molar-refractivity contribution in [3.8, 4) is 0 Å². The van der Waals surface area contributed by atoms with Gasteiger partial charge in [0.1, 0.15) is 0 Å². The van der Waals surface area contributed by atoms with E-state index in [0.29, 0.717) is 19.8 Å². The average Bonchev–Trinajstić information content (AvgIpc) is 2.78. The monoisotopic (exact) mass is 393 g/mol. The quantitative estimate of drug-likeness (QED) is 0.467. The average molecular weight is 394 g/mol. The first-order chi connectivity index (χ1) is 14.3. The Kier molecular flexibility index (Phi) is 8.47.